The number of rotatable bonds is 5. The number of nitrogens with zero attached hydrogens (tertiary/aromatic N) is 1. The minimum atomic E-state index is -0.255. The summed E-state index contributed by atoms with van der Waals surface area (Å²) in [4.78, 5) is 4.18. The van der Waals surface area contributed by atoms with E-state index < -0.39 is 0 Å². The van der Waals surface area contributed by atoms with E-state index in [2.05, 4.69) is 15.6 Å². The molecule has 2 N–H and O–H groups in total. The molecule has 0 amide bonds. The average molecular weight is 330 g/mol. The van der Waals surface area contributed by atoms with Gasteiger partial charge in [-0.3, -0.25) is 4.99 Å². The molecule has 0 saturated carbocycles. The summed E-state index contributed by atoms with van der Waals surface area (Å²) in [6.07, 6.45) is 3.10. The van der Waals surface area contributed by atoms with Gasteiger partial charge in [0, 0.05) is 36.0 Å². The summed E-state index contributed by atoms with van der Waals surface area (Å²) in [6.45, 7) is 1.52. The lowest BCUT2D eigenvalue weighted by Crippen LogP contribution is -2.41. The smallest absolute Gasteiger partial charge is 0.191 e. The van der Waals surface area contributed by atoms with Crippen molar-refractivity contribution in [1.82, 2.24) is 10.6 Å². The number of aliphatic imine (C=N–C) groups is 1. The molecule has 6 heteroatoms. The van der Waals surface area contributed by atoms with Gasteiger partial charge in [-0.1, -0.05) is 17.7 Å². The lowest BCUT2D eigenvalue weighted by molar-refractivity contribution is 0.606. The minimum Gasteiger partial charge on any atom is -0.356 e. The van der Waals surface area contributed by atoms with Gasteiger partial charge in [0.25, 0.3) is 0 Å². The first-order chi connectivity index (χ1) is 10.2. The van der Waals surface area contributed by atoms with Crippen LogP contribution in [0.4, 0.5) is 4.39 Å². The number of halogens is 2. The summed E-state index contributed by atoms with van der Waals surface area (Å²) in [7, 11) is 1.74. The zero-order valence-corrected chi connectivity index (χ0v) is 13.7. The van der Waals surface area contributed by atoms with Crippen LogP contribution in [0.1, 0.15) is 18.4 Å². The highest BCUT2D eigenvalue weighted by Gasteiger charge is 2.15. The van der Waals surface area contributed by atoms with Crippen LogP contribution in [0, 0.1) is 5.82 Å². The van der Waals surface area contributed by atoms with Gasteiger partial charge in [0.15, 0.2) is 5.96 Å². The summed E-state index contributed by atoms with van der Waals surface area (Å²) in [5.74, 6) is 1.76. The monoisotopic (exact) mass is 329 g/mol. The molecule has 1 fully saturated rings. The first kappa shape index (κ1) is 16.4. The Kier molecular flexibility index (Phi) is 6.64. The molecule has 2 rings (SSSR count). The third-order valence-corrected chi connectivity index (χ3v) is 5.23. The maximum absolute atomic E-state index is 13.6. The molecule has 1 aromatic rings. The van der Waals surface area contributed by atoms with Gasteiger partial charge in [-0.25, -0.2) is 4.39 Å². The van der Waals surface area contributed by atoms with Crippen LogP contribution in [0.2, 0.25) is 5.02 Å². The van der Waals surface area contributed by atoms with Gasteiger partial charge in [0.05, 0.1) is 0 Å². The maximum Gasteiger partial charge on any atom is 0.191 e. The van der Waals surface area contributed by atoms with Gasteiger partial charge in [-0.15, -0.1) is 0 Å². The fourth-order valence-electron chi connectivity index (χ4n) is 2.31. The molecule has 21 heavy (non-hydrogen) atoms. The van der Waals surface area contributed by atoms with Crippen molar-refractivity contribution in [3.05, 3.63) is 34.6 Å². The van der Waals surface area contributed by atoms with Crippen LogP contribution in [0.3, 0.4) is 0 Å². The predicted molar refractivity (Wildman–Crippen MR) is 90.0 cm³/mol. The van der Waals surface area contributed by atoms with E-state index in [9.17, 15) is 4.39 Å². The van der Waals surface area contributed by atoms with Crippen LogP contribution in [0.25, 0.3) is 0 Å². The third kappa shape index (κ3) is 5.08. The molecular formula is C15H21ClFN3S. The highest BCUT2D eigenvalue weighted by molar-refractivity contribution is 8.00. The van der Waals surface area contributed by atoms with Crippen LogP contribution in [-0.2, 0) is 6.42 Å². The summed E-state index contributed by atoms with van der Waals surface area (Å²) < 4.78 is 13.6. The summed E-state index contributed by atoms with van der Waals surface area (Å²) >= 11 is 8.02. The maximum atomic E-state index is 13.6. The van der Waals surface area contributed by atoms with E-state index >= 15 is 0 Å². The molecule has 1 heterocycles. The molecule has 1 atom stereocenters. The van der Waals surface area contributed by atoms with E-state index in [1.807, 2.05) is 11.8 Å². The number of guanidine groups is 1. The lowest BCUT2D eigenvalue weighted by atomic mass is 10.1. The van der Waals surface area contributed by atoms with Crippen LogP contribution in [0.5, 0.6) is 0 Å². The number of hydrogen-bond acceptors (Lipinski definition) is 2. The van der Waals surface area contributed by atoms with Crippen molar-refractivity contribution < 1.29 is 4.39 Å². The Hall–Kier alpha value is -0.940. The summed E-state index contributed by atoms with van der Waals surface area (Å²) in [5.41, 5.74) is 0.550. The molecule has 116 valence electrons. The SMILES string of the molecule is CN=C(NCCc1c(F)cccc1Cl)NCC1CCCS1. The molecule has 1 aliphatic rings. The Morgan fingerprint density at radius 1 is 1.48 bits per heavy atom. The number of hydrogen-bond donors (Lipinski definition) is 2. The van der Waals surface area contributed by atoms with Crippen LogP contribution in [0.15, 0.2) is 23.2 Å². The molecule has 0 aromatic heterocycles. The second-order valence-corrected chi connectivity index (χ2v) is 6.78. The molecule has 1 unspecified atom stereocenters. The zero-order valence-electron chi connectivity index (χ0n) is 12.2. The van der Waals surface area contributed by atoms with Crippen LogP contribution < -0.4 is 10.6 Å². The van der Waals surface area contributed by atoms with Crippen molar-refractivity contribution in [1.29, 1.82) is 0 Å². The van der Waals surface area contributed by atoms with E-state index in [-0.39, 0.29) is 5.82 Å². The molecule has 0 spiro atoms. The van der Waals surface area contributed by atoms with Crippen molar-refractivity contribution in [2.75, 3.05) is 25.9 Å². The van der Waals surface area contributed by atoms with Crippen molar-refractivity contribution in [3.8, 4) is 0 Å². The van der Waals surface area contributed by atoms with Crippen molar-refractivity contribution >= 4 is 29.3 Å². The second-order valence-electron chi connectivity index (χ2n) is 4.97. The molecule has 3 nitrogen and oxygen atoms in total. The molecule has 0 radical (unpaired) electrons. The molecule has 1 aliphatic heterocycles. The van der Waals surface area contributed by atoms with Gasteiger partial charge < -0.3 is 10.6 Å². The quantitative estimate of drug-likeness (QED) is 0.644. The topological polar surface area (TPSA) is 36.4 Å². The molecule has 0 bridgehead atoms. The van der Waals surface area contributed by atoms with E-state index in [1.165, 1.54) is 24.7 Å². The number of benzene rings is 1. The predicted octanol–water partition coefficient (Wildman–Crippen LogP) is 3.08. The Labute approximate surface area is 134 Å². The van der Waals surface area contributed by atoms with Crippen molar-refractivity contribution in [2.45, 2.75) is 24.5 Å². The van der Waals surface area contributed by atoms with Gasteiger partial charge in [-0.2, -0.15) is 11.8 Å². The van der Waals surface area contributed by atoms with Gasteiger partial charge in [-0.05, 0) is 37.1 Å². The molecular weight excluding hydrogens is 309 g/mol. The van der Waals surface area contributed by atoms with Crippen molar-refractivity contribution in [3.63, 3.8) is 0 Å². The van der Waals surface area contributed by atoms with Crippen LogP contribution >= 0.6 is 23.4 Å². The average Bonchev–Trinajstić information content (AvgIpc) is 2.98. The first-order valence-electron chi connectivity index (χ1n) is 7.19. The normalized spacial score (nSPS) is 18.8. The van der Waals surface area contributed by atoms with E-state index in [4.69, 9.17) is 11.6 Å². The van der Waals surface area contributed by atoms with E-state index in [0.717, 1.165) is 12.5 Å². The largest absolute Gasteiger partial charge is 0.356 e. The third-order valence-electron chi connectivity index (χ3n) is 3.47. The summed E-state index contributed by atoms with van der Waals surface area (Å²) in [6, 6.07) is 4.77. The highest BCUT2D eigenvalue weighted by atomic mass is 35.5. The first-order valence-corrected chi connectivity index (χ1v) is 8.62. The Morgan fingerprint density at radius 3 is 3.00 bits per heavy atom. The Morgan fingerprint density at radius 2 is 2.33 bits per heavy atom. The fraction of sp³-hybridized carbons (Fsp3) is 0.533. The Bertz CT molecular complexity index is 470. The van der Waals surface area contributed by atoms with E-state index in [1.54, 1.807) is 19.2 Å². The van der Waals surface area contributed by atoms with Gasteiger partial charge >= 0.3 is 0 Å². The highest BCUT2D eigenvalue weighted by Crippen LogP contribution is 2.25. The zero-order chi connectivity index (χ0) is 15.1. The van der Waals surface area contributed by atoms with E-state index in [0.29, 0.717) is 28.8 Å². The number of nitrogens with one attached hydrogen (secondary N) is 2. The van der Waals surface area contributed by atoms with Crippen LogP contribution in [-0.4, -0.2) is 37.1 Å². The summed E-state index contributed by atoms with van der Waals surface area (Å²) in [5, 5.41) is 7.66. The molecule has 1 aromatic carbocycles. The Balaban J connectivity index is 1.75. The lowest BCUT2D eigenvalue weighted by Gasteiger charge is -2.15. The second kappa shape index (κ2) is 8.49. The fourth-order valence-corrected chi connectivity index (χ4v) is 3.77. The van der Waals surface area contributed by atoms with Gasteiger partial charge in [0.2, 0.25) is 0 Å². The van der Waals surface area contributed by atoms with Gasteiger partial charge in [0.1, 0.15) is 5.82 Å². The molecule has 1 saturated heterocycles. The molecule has 0 aliphatic carbocycles. The minimum absolute atomic E-state index is 0.255. The standard InChI is InChI=1S/C15H21ClFN3S/c1-18-15(20-10-11-4-3-9-21-11)19-8-7-12-13(16)5-2-6-14(12)17/h2,5-6,11H,3-4,7-10H2,1H3,(H2,18,19,20). The number of thioether (sulfide) groups is 1. The van der Waals surface area contributed by atoms with Crippen molar-refractivity contribution in [2.24, 2.45) is 4.99 Å².